The van der Waals surface area contributed by atoms with Crippen molar-refractivity contribution in [3.8, 4) is 0 Å². The van der Waals surface area contributed by atoms with Gasteiger partial charge in [0.1, 0.15) is 11.9 Å². The number of aliphatic hydroxyl groups excluding tert-OH is 1. The third-order valence-electron chi connectivity index (χ3n) is 4.33. The molecule has 5 nitrogen and oxygen atoms in total. The minimum Gasteiger partial charge on any atom is -0.467 e. The van der Waals surface area contributed by atoms with Gasteiger partial charge < -0.3 is 19.4 Å². The van der Waals surface area contributed by atoms with E-state index >= 15 is 0 Å². The van der Waals surface area contributed by atoms with Crippen LogP contribution in [0.3, 0.4) is 0 Å². The van der Waals surface area contributed by atoms with Gasteiger partial charge in [-0.2, -0.15) is 0 Å². The van der Waals surface area contributed by atoms with Crippen molar-refractivity contribution in [1.29, 1.82) is 0 Å². The summed E-state index contributed by atoms with van der Waals surface area (Å²) in [6, 6.07) is 15.4. The van der Waals surface area contributed by atoms with Gasteiger partial charge in [-0.05, 0) is 37.6 Å². The topological polar surface area (TPSA) is 67.4 Å². The summed E-state index contributed by atoms with van der Waals surface area (Å²) in [6.07, 6.45) is 0.643. The van der Waals surface area contributed by atoms with Gasteiger partial charge in [0.2, 0.25) is 0 Å². The molecule has 3 aromatic rings. The van der Waals surface area contributed by atoms with Gasteiger partial charge in [-0.1, -0.05) is 30.3 Å². The highest BCUT2D eigenvalue weighted by atomic mass is 16.4. The number of aliphatic hydroxyl groups is 1. The monoisotopic (exact) mass is 338 g/mol. The number of benzene rings is 1. The van der Waals surface area contributed by atoms with Gasteiger partial charge in [-0.3, -0.25) is 4.79 Å². The van der Waals surface area contributed by atoms with Crippen molar-refractivity contribution in [1.82, 2.24) is 9.88 Å². The van der Waals surface area contributed by atoms with E-state index < -0.39 is 6.10 Å². The van der Waals surface area contributed by atoms with E-state index in [2.05, 4.69) is 22.0 Å². The zero-order chi connectivity index (χ0) is 17.8. The summed E-state index contributed by atoms with van der Waals surface area (Å²) in [5.74, 6) is 0.243. The maximum Gasteiger partial charge on any atom is 0.253 e. The summed E-state index contributed by atoms with van der Waals surface area (Å²) in [5, 5.41) is 12.8. The zero-order valence-electron chi connectivity index (χ0n) is 14.4. The Hall–Kier alpha value is -2.79. The second-order valence-corrected chi connectivity index (χ2v) is 6.10. The number of hydrogen-bond donors (Lipinski definition) is 2. The first-order valence-corrected chi connectivity index (χ1v) is 8.26. The Kier molecular flexibility index (Phi) is 5.05. The summed E-state index contributed by atoms with van der Waals surface area (Å²) in [7, 11) is 0. The predicted octanol–water partition coefficient (Wildman–Crippen LogP) is 3.21. The van der Waals surface area contributed by atoms with Crippen molar-refractivity contribution >= 4 is 5.91 Å². The fourth-order valence-electron chi connectivity index (χ4n) is 2.91. The SMILES string of the molecule is Cc1cc(C(=O)NCC(O)c2ccco2)c(C)n1Cc1ccccc1. The van der Waals surface area contributed by atoms with Gasteiger partial charge in [0.25, 0.3) is 5.91 Å². The van der Waals surface area contributed by atoms with Crippen LogP contribution in [-0.4, -0.2) is 22.1 Å². The number of carbonyl (C=O) groups excluding carboxylic acids is 1. The first kappa shape index (κ1) is 17.0. The molecule has 0 spiro atoms. The van der Waals surface area contributed by atoms with Gasteiger partial charge in [0, 0.05) is 17.9 Å². The smallest absolute Gasteiger partial charge is 0.253 e. The third-order valence-corrected chi connectivity index (χ3v) is 4.33. The molecule has 1 aromatic carbocycles. The molecule has 0 saturated carbocycles. The molecule has 3 rings (SSSR count). The summed E-state index contributed by atoms with van der Waals surface area (Å²) < 4.78 is 7.26. The molecular weight excluding hydrogens is 316 g/mol. The Labute approximate surface area is 146 Å². The van der Waals surface area contributed by atoms with E-state index in [1.165, 1.54) is 11.8 Å². The molecule has 0 saturated heterocycles. The van der Waals surface area contributed by atoms with Gasteiger partial charge in [0.15, 0.2) is 0 Å². The molecule has 130 valence electrons. The molecule has 1 atom stereocenters. The first-order chi connectivity index (χ1) is 12.1. The van der Waals surface area contributed by atoms with Crippen LogP contribution in [0.2, 0.25) is 0 Å². The number of furan rings is 1. The van der Waals surface area contributed by atoms with Crippen molar-refractivity contribution in [2.75, 3.05) is 6.54 Å². The van der Waals surface area contributed by atoms with E-state index in [-0.39, 0.29) is 12.5 Å². The minimum absolute atomic E-state index is 0.106. The van der Waals surface area contributed by atoms with Crippen molar-refractivity contribution in [2.45, 2.75) is 26.5 Å². The summed E-state index contributed by atoms with van der Waals surface area (Å²) in [4.78, 5) is 12.5. The largest absolute Gasteiger partial charge is 0.467 e. The van der Waals surface area contributed by atoms with Crippen LogP contribution < -0.4 is 5.32 Å². The zero-order valence-corrected chi connectivity index (χ0v) is 14.4. The maximum atomic E-state index is 12.5. The Morgan fingerprint density at radius 1 is 1.20 bits per heavy atom. The second-order valence-electron chi connectivity index (χ2n) is 6.10. The molecule has 0 aliphatic rings. The number of nitrogens with one attached hydrogen (secondary N) is 1. The molecule has 0 fully saturated rings. The van der Waals surface area contributed by atoms with E-state index in [4.69, 9.17) is 4.42 Å². The van der Waals surface area contributed by atoms with Gasteiger partial charge in [0.05, 0.1) is 18.4 Å². The lowest BCUT2D eigenvalue weighted by Gasteiger charge is -2.11. The van der Waals surface area contributed by atoms with Crippen LogP contribution in [0, 0.1) is 13.8 Å². The van der Waals surface area contributed by atoms with Gasteiger partial charge >= 0.3 is 0 Å². The average Bonchev–Trinajstić information content (AvgIpc) is 3.25. The van der Waals surface area contributed by atoms with Crippen LogP contribution >= 0.6 is 0 Å². The van der Waals surface area contributed by atoms with Crippen LogP contribution in [0.5, 0.6) is 0 Å². The van der Waals surface area contributed by atoms with Crippen LogP contribution in [0.15, 0.2) is 59.2 Å². The molecule has 25 heavy (non-hydrogen) atoms. The van der Waals surface area contributed by atoms with Crippen LogP contribution in [0.25, 0.3) is 0 Å². The number of nitrogens with zero attached hydrogens (tertiary/aromatic N) is 1. The Bertz CT molecular complexity index is 835. The summed E-state index contributed by atoms with van der Waals surface area (Å²) >= 11 is 0. The maximum absolute atomic E-state index is 12.5. The van der Waals surface area contributed by atoms with E-state index in [1.807, 2.05) is 38.1 Å². The fourth-order valence-corrected chi connectivity index (χ4v) is 2.91. The van der Waals surface area contributed by atoms with Crippen LogP contribution in [-0.2, 0) is 6.54 Å². The highest BCUT2D eigenvalue weighted by molar-refractivity contribution is 5.95. The summed E-state index contributed by atoms with van der Waals surface area (Å²) in [5.41, 5.74) is 3.74. The molecule has 1 amide bonds. The van der Waals surface area contributed by atoms with Crippen LogP contribution in [0.1, 0.15) is 39.2 Å². The molecular formula is C20H22N2O3. The van der Waals surface area contributed by atoms with Crippen molar-refractivity contribution in [2.24, 2.45) is 0 Å². The highest BCUT2D eigenvalue weighted by Gasteiger charge is 2.18. The van der Waals surface area contributed by atoms with Gasteiger partial charge in [-0.15, -0.1) is 0 Å². The minimum atomic E-state index is -0.855. The van der Waals surface area contributed by atoms with Gasteiger partial charge in [-0.25, -0.2) is 0 Å². The lowest BCUT2D eigenvalue weighted by atomic mass is 10.2. The molecule has 2 aromatic heterocycles. The van der Waals surface area contributed by atoms with E-state index in [0.29, 0.717) is 11.3 Å². The van der Waals surface area contributed by atoms with Crippen molar-refractivity contribution < 1.29 is 14.3 Å². The quantitative estimate of drug-likeness (QED) is 0.725. The lowest BCUT2D eigenvalue weighted by Crippen LogP contribution is -2.28. The molecule has 0 radical (unpaired) electrons. The Balaban J connectivity index is 1.70. The lowest BCUT2D eigenvalue weighted by molar-refractivity contribution is 0.0900. The molecule has 5 heteroatoms. The van der Waals surface area contributed by atoms with Crippen molar-refractivity contribution in [3.63, 3.8) is 0 Å². The highest BCUT2D eigenvalue weighted by Crippen LogP contribution is 2.18. The fraction of sp³-hybridized carbons (Fsp3) is 0.250. The molecule has 0 bridgehead atoms. The van der Waals surface area contributed by atoms with Crippen LogP contribution in [0.4, 0.5) is 0 Å². The standard InChI is InChI=1S/C20H22N2O3/c1-14-11-17(15(2)22(14)13-16-7-4-3-5-8-16)20(24)21-12-18(23)19-9-6-10-25-19/h3-11,18,23H,12-13H2,1-2H3,(H,21,24). The Morgan fingerprint density at radius 3 is 2.64 bits per heavy atom. The number of aryl methyl sites for hydroxylation is 1. The van der Waals surface area contributed by atoms with E-state index in [9.17, 15) is 9.90 Å². The number of hydrogen-bond acceptors (Lipinski definition) is 3. The number of amides is 1. The third kappa shape index (κ3) is 3.83. The Morgan fingerprint density at radius 2 is 1.96 bits per heavy atom. The second kappa shape index (κ2) is 7.40. The summed E-state index contributed by atoms with van der Waals surface area (Å²) in [6.45, 7) is 4.76. The van der Waals surface area contributed by atoms with E-state index in [1.54, 1.807) is 12.1 Å². The molecule has 2 heterocycles. The normalized spacial score (nSPS) is 12.1. The number of aromatic nitrogens is 1. The average molecular weight is 338 g/mol. The molecule has 1 unspecified atom stereocenters. The van der Waals surface area contributed by atoms with E-state index in [0.717, 1.165) is 17.9 Å². The molecule has 0 aliphatic heterocycles. The number of carbonyl (C=O) groups is 1. The molecule has 0 aliphatic carbocycles. The predicted molar refractivity (Wildman–Crippen MR) is 95.5 cm³/mol. The number of rotatable bonds is 6. The van der Waals surface area contributed by atoms with Crippen molar-refractivity contribution in [3.05, 3.63) is 83.1 Å². The molecule has 2 N–H and O–H groups in total. The first-order valence-electron chi connectivity index (χ1n) is 8.26.